The van der Waals surface area contributed by atoms with E-state index in [0.29, 0.717) is 18.1 Å². The fourth-order valence-corrected chi connectivity index (χ4v) is 2.24. The van der Waals surface area contributed by atoms with Gasteiger partial charge in [-0.1, -0.05) is 12.1 Å². The third-order valence-electron chi connectivity index (χ3n) is 2.65. The van der Waals surface area contributed by atoms with E-state index in [2.05, 4.69) is 37.9 Å². The zero-order chi connectivity index (χ0) is 14.5. The first kappa shape index (κ1) is 14.7. The van der Waals surface area contributed by atoms with Crippen LogP contribution in [0.15, 0.2) is 36.5 Å². The Labute approximate surface area is 131 Å². The highest BCUT2D eigenvalue weighted by atomic mass is 127. The summed E-state index contributed by atoms with van der Waals surface area (Å²) in [5.74, 6) is 0.533. The Balaban J connectivity index is 2.04. The number of amides is 1. The SMILES string of the molecule is CN(C)c1nccc(CNC(=O)c2ccccc2I)n1. The number of hydrogen-bond acceptors (Lipinski definition) is 4. The summed E-state index contributed by atoms with van der Waals surface area (Å²) in [5.41, 5.74) is 1.46. The molecule has 0 fully saturated rings. The second kappa shape index (κ2) is 6.65. The molecule has 0 aliphatic rings. The van der Waals surface area contributed by atoms with Gasteiger partial charge in [-0.3, -0.25) is 4.79 Å². The molecule has 20 heavy (non-hydrogen) atoms. The van der Waals surface area contributed by atoms with E-state index in [1.807, 2.05) is 43.3 Å². The minimum atomic E-state index is -0.0972. The van der Waals surface area contributed by atoms with Crippen LogP contribution in [0.2, 0.25) is 0 Å². The maximum absolute atomic E-state index is 12.1. The number of nitrogens with zero attached hydrogens (tertiary/aromatic N) is 3. The van der Waals surface area contributed by atoms with Gasteiger partial charge in [0, 0.05) is 23.9 Å². The van der Waals surface area contributed by atoms with Crippen molar-refractivity contribution in [3.05, 3.63) is 51.4 Å². The Morgan fingerprint density at radius 1 is 1.30 bits per heavy atom. The standard InChI is InChI=1S/C14H15IN4O/c1-19(2)14-16-8-7-10(18-14)9-17-13(20)11-5-3-4-6-12(11)15/h3-8H,9H2,1-2H3,(H,17,20). The molecule has 1 aromatic carbocycles. The molecule has 1 amide bonds. The van der Waals surface area contributed by atoms with Crippen molar-refractivity contribution in [2.45, 2.75) is 6.54 Å². The molecule has 0 aliphatic carbocycles. The number of carbonyl (C=O) groups excluding carboxylic acids is 1. The van der Waals surface area contributed by atoms with Gasteiger partial charge < -0.3 is 10.2 Å². The van der Waals surface area contributed by atoms with E-state index in [1.54, 1.807) is 12.3 Å². The number of rotatable bonds is 4. The molecule has 0 saturated carbocycles. The van der Waals surface area contributed by atoms with Crippen LogP contribution in [0.25, 0.3) is 0 Å². The van der Waals surface area contributed by atoms with E-state index in [4.69, 9.17) is 0 Å². The lowest BCUT2D eigenvalue weighted by Crippen LogP contribution is -2.24. The molecule has 1 N–H and O–H groups in total. The number of halogens is 1. The summed E-state index contributed by atoms with van der Waals surface area (Å²) in [6, 6.07) is 9.27. The largest absolute Gasteiger partial charge is 0.347 e. The number of carbonyl (C=O) groups is 1. The van der Waals surface area contributed by atoms with E-state index in [1.165, 1.54) is 0 Å². The summed E-state index contributed by atoms with van der Waals surface area (Å²) < 4.78 is 0.930. The van der Waals surface area contributed by atoms with Crippen molar-refractivity contribution in [3.8, 4) is 0 Å². The maximum Gasteiger partial charge on any atom is 0.252 e. The van der Waals surface area contributed by atoms with Gasteiger partial charge in [0.15, 0.2) is 0 Å². The summed E-state index contributed by atoms with van der Waals surface area (Å²) in [6.07, 6.45) is 1.69. The Morgan fingerprint density at radius 3 is 2.75 bits per heavy atom. The van der Waals surface area contributed by atoms with Crippen LogP contribution in [0.3, 0.4) is 0 Å². The first-order chi connectivity index (χ1) is 9.58. The molecular formula is C14H15IN4O. The zero-order valence-electron chi connectivity index (χ0n) is 11.3. The predicted octanol–water partition coefficient (Wildman–Crippen LogP) is 2.08. The predicted molar refractivity (Wildman–Crippen MR) is 86.7 cm³/mol. The summed E-state index contributed by atoms with van der Waals surface area (Å²) in [7, 11) is 3.76. The van der Waals surface area contributed by atoms with Crippen LogP contribution in [0.4, 0.5) is 5.95 Å². The van der Waals surface area contributed by atoms with Crippen molar-refractivity contribution in [2.24, 2.45) is 0 Å². The number of anilines is 1. The summed E-state index contributed by atoms with van der Waals surface area (Å²) >= 11 is 2.15. The van der Waals surface area contributed by atoms with Crippen LogP contribution < -0.4 is 10.2 Å². The van der Waals surface area contributed by atoms with Crippen LogP contribution >= 0.6 is 22.6 Å². The lowest BCUT2D eigenvalue weighted by atomic mass is 10.2. The van der Waals surface area contributed by atoms with Gasteiger partial charge in [-0.2, -0.15) is 0 Å². The van der Waals surface area contributed by atoms with Crippen molar-refractivity contribution in [1.82, 2.24) is 15.3 Å². The molecule has 5 nitrogen and oxygen atoms in total. The number of nitrogens with one attached hydrogen (secondary N) is 1. The topological polar surface area (TPSA) is 58.1 Å². The molecule has 6 heteroatoms. The molecule has 0 aliphatic heterocycles. The maximum atomic E-state index is 12.1. The van der Waals surface area contributed by atoms with E-state index >= 15 is 0 Å². The highest BCUT2D eigenvalue weighted by Gasteiger charge is 2.09. The van der Waals surface area contributed by atoms with Crippen LogP contribution in [-0.4, -0.2) is 30.0 Å². The third-order valence-corrected chi connectivity index (χ3v) is 3.59. The van der Waals surface area contributed by atoms with Gasteiger partial charge in [-0.25, -0.2) is 9.97 Å². The van der Waals surface area contributed by atoms with Crippen molar-refractivity contribution in [3.63, 3.8) is 0 Å². The Hall–Kier alpha value is -1.70. The minimum Gasteiger partial charge on any atom is -0.347 e. The van der Waals surface area contributed by atoms with Crippen LogP contribution in [0, 0.1) is 3.57 Å². The number of hydrogen-bond donors (Lipinski definition) is 1. The average Bonchev–Trinajstić information content (AvgIpc) is 2.45. The van der Waals surface area contributed by atoms with E-state index < -0.39 is 0 Å². The molecule has 0 atom stereocenters. The Morgan fingerprint density at radius 2 is 2.05 bits per heavy atom. The first-order valence-corrected chi connectivity index (χ1v) is 7.18. The molecule has 2 rings (SSSR count). The zero-order valence-corrected chi connectivity index (χ0v) is 13.5. The molecule has 0 spiro atoms. The molecule has 0 radical (unpaired) electrons. The lowest BCUT2D eigenvalue weighted by Gasteiger charge is -2.11. The van der Waals surface area contributed by atoms with Gasteiger partial charge in [0.05, 0.1) is 17.8 Å². The molecule has 0 bridgehead atoms. The summed E-state index contributed by atoms with van der Waals surface area (Å²) in [5, 5.41) is 2.87. The third kappa shape index (κ3) is 3.66. The van der Waals surface area contributed by atoms with Gasteiger partial charge in [-0.05, 0) is 40.8 Å². The molecule has 0 unspecified atom stereocenters. The van der Waals surface area contributed by atoms with Gasteiger partial charge >= 0.3 is 0 Å². The number of benzene rings is 1. The fourth-order valence-electron chi connectivity index (χ4n) is 1.61. The fraction of sp³-hybridized carbons (Fsp3) is 0.214. The normalized spacial score (nSPS) is 10.2. The van der Waals surface area contributed by atoms with Crippen LogP contribution in [0.1, 0.15) is 16.1 Å². The molecule has 1 heterocycles. The van der Waals surface area contributed by atoms with Crippen molar-refractivity contribution >= 4 is 34.4 Å². The molecule has 104 valence electrons. The monoisotopic (exact) mass is 382 g/mol. The van der Waals surface area contributed by atoms with Crippen molar-refractivity contribution < 1.29 is 4.79 Å². The average molecular weight is 382 g/mol. The van der Waals surface area contributed by atoms with Gasteiger partial charge in [0.2, 0.25) is 5.95 Å². The Kier molecular flexibility index (Phi) is 4.89. The van der Waals surface area contributed by atoms with Gasteiger partial charge in [-0.15, -0.1) is 0 Å². The quantitative estimate of drug-likeness (QED) is 0.823. The molecule has 2 aromatic rings. The van der Waals surface area contributed by atoms with Crippen LogP contribution in [-0.2, 0) is 6.54 Å². The Bertz CT molecular complexity index is 616. The van der Waals surface area contributed by atoms with Crippen molar-refractivity contribution in [1.29, 1.82) is 0 Å². The molecule has 0 saturated heterocycles. The van der Waals surface area contributed by atoms with E-state index in [-0.39, 0.29) is 5.91 Å². The van der Waals surface area contributed by atoms with Gasteiger partial charge in [0.25, 0.3) is 5.91 Å². The minimum absolute atomic E-state index is 0.0972. The number of aromatic nitrogens is 2. The van der Waals surface area contributed by atoms with E-state index in [0.717, 1.165) is 9.26 Å². The first-order valence-electron chi connectivity index (χ1n) is 6.10. The lowest BCUT2D eigenvalue weighted by molar-refractivity contribution is 0.0949. The smallest absolute Gasteiger partial charge is 0.252 e. The van der Waals surface area contributed by atoms with Crippen molar-refractivity contribution in [2.75, 3.05) is 19.0 Å². The van der Waals surface area contributed by atoms with Gasteiger partial charge in [0.1, 0.15) is 0 Å². The van der Waals surface area contributed by atoms with E-state index in [9.17, 15) is 4.79 Å². The highest BCUT2D eigenvalue weighted by molar-refractivity contribution is 14.1. The van der Waals surface area contributed by atoms with Crippen LogP contribution in [0.5, 0.6) is 0 Å². The summed E-state index contributed by atoms with van der Waals surface area (Å²) in [6.45, 7) is 0.382. The molecular weight excluding hydrogens is 367 g/mol. The summed E-state index contributed by atoms with van der Waals surface area (Å²) in [4.78, 5) is 22.4. The second-order valence-corrected chi connectivity index (χ2v) is 5.57. The molecule has 1 aromatic heterocycles. The highest BCUT2D eigenvalue weighted by Crippen LogP contribution is 2.11. The second-order valence-electron chi connectivity index (χ2n) is 4.40.